The number of hydrogen-bond donors (Lipinski definition) is 1. The van der Waals surface area contributed by atoms with Gasteiger partial charge in [-0.3, -0.25) is 0 Å². The van der Waals surface area contributed by atoms with Gasteiger partial charge in [-0.05, 0) is 36.2 Å². The first-order chi connectivity index (χ1) is 11.2. The zero-order valence-corrected chi connectivity index (χ0v) is 13.5. The Labute approximate surface area is 139 Å². The van der Waals surface area contributed by atoms with Crippen LogP contribution in [0.25, 0.3) is 0 Å². The predicted octanol–water partition coefficient (Wildman–Crippen LogP) is 3.56. The largest absolute Gasteiger partial charge is 0.489 e. The number of benzene rings is 2. The van der Waals surface area contributed by atoms with Crippen molar-refractivity contribution in [1.82, 2.24) is 14.9 Å². The van der Waals surface area contributed by atoms with E-state index in [1.807, 2.05) is 30.3 Å². The van der Waals surface area contributed by atoms with Crippen molar-refractivity contribution in [2.24, 2.45) is 0 Å². The Morgan fingerprint density at radius 2 is 1.87 bits per heavy atom. The molecule has 0 bridgehead atoms. The van der Waals surface area contributed by atoms with Gasteiger partial charge in [0.15, 0.2) is 0 Å². The predicted molar refractivity (Wildman–Crippen MR) is 90.0 cm³/mol. The van der Waals surface area contributed by atoms with E-state index < -0.39 is 0 Å². The highest BCUT2D eigenvalue weighted by atomic mass is 35.5. The highest BCUT2D eigenvalue weighted by Crippen LogP contribution is 2.24. The zero-order valence-electron chi connectivity index (χ0n) is 12.7. The van der Waals surface area contributed by atoms with Gasteiger partial charge in [0, 0.05) is 10.6 Å². The molecule has 3 aromatic rings. The van der Waals surface area contributed by atoms with Gasteiger partial charge in [0.2, 0.25) is 0 Å². The lowest BCUT2D eigenvalue weighted by Gasteiger charge is -2.14. The molecule has 1 N–H and O–H groups in total. The van der Waals surface area contributed by atoms with Crippen molar-refractivity contribution in [1.29, 1.82) is 0 Å². The Morgan fingerprint density at radius 3 is 2.65 bits per heavy atom. The van der Waals surface area contributed by atoms with Gasteiger partial charge >= 0.3 is 0 Å². The molecule has 1 heterocycles. The van der Waals surface area contributed by atoms with Gasteiger partial charge in [0.25, 0.3) is 0 Å². The molecule has 2 aromatic carbocycles. The maximum absolute atomic E-state index is 6.11. The summed E-state index contributed by atoms with van der Waals surface area (Å²) in [6.07, 6.45) is 3.19. The van der Waals surface area contributed by atoms with Gasteiger partial charge in [-0.1, -0.05) is 35.9 Å². The summed E-state index contributed by atoms with van der Waals surface area (Å²) < 4.78 is 7.68. The summed E-state index contributed by atoms with van der Waals surface area (Å²) in [4.78, 5) is 0. The number of hydrogen-bond acceptors (Lipinski definition) is 4. The second-order valence-electron chi connectivity index (χ2n) is 5.17. The van der Waals surface area contributed by atoms with Crippen molar-refractivity contribution in [2.45, 2.75) is 20.1 Å². The molecule has 0 unspecified atom stereocenters. The summed E-state index contributed by atoms with van der Waals surface area (Å²) in [5.41, 5.74) is 6.52. The zero-order chi connectivity index (χ0) is 16.1. The Morgan fingerprint density at radius 1 is 1.09 bits per heavy atom. The molecule has 0 aliphatic heterocycles. The van der Waals surface area contributed by atoms with E-state index in [4.69, 9.17) is 16.3 Å². The number of rotatable bonds is 6. The van der Waals surface area contributed by atoms with E-state index in [1.54, 1.807) is 17.3 Å². The average molecular weight is 329 g/mol. The van der Waals surface area contributed by atoms with Gasteiger partial charge < -0.3 is 10.2 Å². The van der Waals surface area contributed by atoms with Crippen LogP contribution in [0, 0.1) is 6.92 Å². The summed E-state index contributed by atoms with van der Waals surface area (Å²) >= 11 is 6.11. The summed E-state index contributed by atoms with van der Waals surface area (Å²) in [5, 5.41) is 8.18. The van der Waals surface area contributed by atoms with E-state index in [2.05, 4.69) is 34.7 Å². The molecule has 3 rings (SSSR count). The van der Waals surface area contributed by atoms with Crippen LogP contribution in [0.4, 0.5) is 0 Å². The lowest BCUT2D eigenvalue weighted by atomic mass is 10.1. The highest BCUT2D eigenvalue weighted by molar-refractivity contribution is 6.30. The fraction of sp³-hybridized carbons (Fsp3) is 0.176. The molecule has 118 valence electrons. The van der Waals surface area contributed by atoms with E-state index in [1.165, 1.54) is 11.1 Å². The molecule has 0 radical (unpaired) electrons. The molecule has 0 aliphatic rings. The summed E-state index contributed by atoms with van der Waals surface area (Å²) in [6, 6.07) is 13.8. The Balaban J connectivity index is 1.72. The van der Waals surface area contributed by atoms with Gasteiger partial charge in [-0.15, -0.1) is 10.2 Å². The van der Waals surface area contributed by atoms with Gasteiger partial charge in [0.05, 0.1) is 6.54 Å². The Hall–Kier alpha value is -2.53. The molecular formula is C17H17ClN4O. The molecule has 0 saturated carbocycles. The maximum Gasteiger partial charge on any atom is 0.138 e. The topological polar surface area (TPSA) is 52.0 Å². The lowest BCUT2D eigenvalue weighted by Crippen LogP contribution is -2.13. The van der Waals surface area contributed by atoms with Gasteiger partial charge in [0.1, 0.15) is 25.0 Å². The van der Waals surface area contributed by atoms with Crippen LogP contribution in [0.15, 0.2) is 55.1 Å². The second-order valence-corrected chi connectivity index (χ2v) is 5.61. The molecule has 6 heteroatoms. The van der Waals surface area contributed by atoms with Crippen LogP contribution >= 0.6 is 11.6 Å². The van der Waals surface area contributed by atoms with Crippen LogP contribution in [-0.2, 0) is 13.2 Å². The van der Waals surface area contributed by atoms with Gasteiger partial charge in [-0.25, -0.2) is 4.68 Å². The molecule has 0 fully saturated rings. The van der Waals surface area contributed by atoms with Crippen molar-refractivity contribution in [2.75, 3.05) is 5.43 Å². The number of halogens is 1. The highest BCUT2D eigenvalue weighted by Gasteiger charge is 2.06. The van der Waals surface area contributed by atoms with Crippen LogP contribution in [0.3, 0.4) is 0 Å². The number of aromatic nitrogens is 3. The Kier molecular flexibility index (Phi) is 4.78. The standard InChI is InChI=1S/C17H17ClN4O/c1-13-4-2-3-5-14(13)10-23-17-7-6-16(18)8-15(17)9-21-22-11-19-20-12-22/h2-8,11-12,21H,9-10H2,1H3. The molecule has 5 nitrogen and oxygen atoms in total. The molecule has 0 atom stereocenters. The van der Waals surface area contributed by atoms with Crippen LogP contribution in [0.1, 0.15) is 16.7 Å². The SMILES string of the molecule is Cc1ccccc1COc1ccc(Cl)cc1CNn1cnnc1. The molecule has 1 aromatic heterocycles. The summed E-state index contributed by atoms with van der Waals surface area (Å²) in [7, 11) is 0. The van der Waals surface area contributed by atoms with Crippen LogP contribution < -0.4 is 10.2 Å². The van der Waals surface area contributed by atoms with E-state index in [0.717, 1.165) is 11.3 Å². The third kappa shape index (κ3) is 4.02. The van der Waals surface area contributed by atoms with Crippen LogP contribution in [-0.4, -0.2) is 14.9 Å². The normalized spacial score (nSPS) is 10.5. The van der Waals surface area contributed by atoms with Crippen molar-refractivity contribution in [3.8, 4) is 5.75 Å². The fourth-order valence-electron chi connectivity index (χ4n) is 2.21. The molecular weight excluding hydrogens is 312 g/mol. The fourth-order valence-corrected chi connectivity index (χ4v) is 2.41. The summed E-state index contributed by atoms with van der Waals surface area (Å²) in [5.74, 6) is 0.804. The first kappa shape index (κ1) is 15.4. The lowest BCUT2D eigenvalue weighted by molar-refractivity contribution is 0.302. The van der Waals surface area contributed by atoms with E-state index in [9.17, 15) is 0 Å². The first-order valence-corrected chi connectivity index (χ1v) is 7.64. The minimum Gasteiger partial charge on any atom is -0.489 e. The van der Waals surface area contributed by atoms with Gasteiger partial charge in [-0.2, -0.15) is 0 Å². The van der Waals surface area contributed by atoms with Crippen molar-refractivity contribution in [3.05, 3.63) is 76.8 Å². The molecule has 0 saturated heterocycles. The van der Waals surface area contributed by atoms with E-state index >= 15 is 0 Å². The average Bonchev–Trinajstić information content (AvgIpc) is 3.07. The maximum atomic E-state index is 6.11. The minimum atomic E-state index is 0.522. The number of nitrogens with one attached hydrogen (secondary N) is 1. The Bertz CT molecular complexity index is 774. The third-order valence-electron chi connectivity index (χ3n) is 3.54. The first-order valence-electron chi connectivity index (χ1n) is 7.26. The van der Waals surface area contributed by atoms with Crippen molar-refractivity contribution in [3.63, 3.8) is 0 Å². The van der Waals surface area contributed by atoms with Crippen LogP contribution in [0.2, 0.25) is 5.02 Å². The molecule has 0 aliphatic carbocycles. The number of nitrogens with zero attached hydrogens (tertiary/aromatic N) is 3. The number of aryl methyl sites for hydroxylation is 1. The quantitative estimate of drug-likeness (QED) is 0.751. The summed E-state index contributed by atoms with van der Waals surface area (Å²) in [6.45, 7) is 3.16. The minimum absolute atomic E-state index is 0.522. The molecule has 23 heavy (non-hydrogen) atoms. The van der Waals surface area contributed by atoms with Crippen molar-refractivity contribution >= 4 is 11.6 Å². The number of ether oxygens (including phenoxy) is 1. The molecule has 0 spiro atoms. The van der Waals surface area contributed by atoms with E-state index in [-0.39, 0.29) is 0 Å². The second kappa shape index (κ2) is 7.15. The van der Waals surface area contributed by atoms with Crippen LogP contribution in [0.5, 0.6) is 5.75 Å². The monoisotopic (exact) mass is 328 g/mol. The smallest absolute Gasteiger partial charge is 0.138 e. The molecule has 0 amide bonds. The third-order valence-corrected chi connectivity index (χ3v) is 3.77. The van der Waals surface area contributed by atoms with Crippen molar-refractivity contribution < 1.29 is 4.74 Å². The van der Waals surface area contributed by atoms with E-state index in [0.29, 0.717) is 18.2 Å².